The average Bonchev–Trinajstić information content (AvgIpc) is 3.12. The lowest BCUT2D eigenvalue weighted by atomic mass is 9.86. The van der Waals surface area contributed by atoms with Crippen molar-refractivity contribution in [2.45, 2.75) is 105 Å². The molecular formula is C52H62N2Si. The maximum atomic E-state index is 3.87. The van der Waals surface area contributed by atoms with Crippen LogP contribution in [0.5, 0.6) is 0 Å². The Hall–Kier alpha value is -4.86. The molecule has 0 saturated heterocycles. The minimum Gasteiger partial charge on any atom is -0.356 e. The summed E-state index contributed by atoms with van der Waals surface area (Å²) in [6.45, 7) is 27.6. The number of hydrogen-bond acceptors (Lipinski definition) is 2. The van der Waals surface area contributed by atoms with Crippen LogP contribution in [0.1, 0.15) is 105 Å². The predicted octanol–water partition coefficient (Wildman–Crippen LogP) is 11.7. The zero-order valence-corrected chi connectivity index (χ0v) is 36.4. The molecule has 55 heavy (non-hydrogen) atoms. The lowest BCUT2D eigenvalue weighted by Gasteiger charge is -2.37. The van der Waals surface area contributed by atoms with Crippen LogP contribution in [0.3, 0.4) is 0 Å². The molecule has 0 spiro atoms. The smallest absolute Gasteiger partial charge is 0.179 e. The summed E-state index contributed by atoms with van der Waals surface area (Å²) in [6, 6.07) is 55.2. The Balaban J connectivity index is 1.64. The van der Waals surface area contributed by atoms with Crippen LogP contribution in [0.2, 0.25) is 0 Å². The second kappa shape index (κ2) is 15.0. The molecule has 0 saturated carbocycles. The molecule has 0 unspecified atom stereocenters. The monoisotopic (exact) mass is 742 g/mol. The SMILES string of the molecule is CC(C)(C)c1ccc(Nc2cc(C(C)(C)C)cc([Si](c3ccccc3)(c3ccccc3)c3cc(Nc4ccc(C(C)(C)C)cc4)cc(C(C)(C)C)c3)c2)cc1. The zero-order chi connectivity index (χ0) is 39.8. The zero-order valence-electron chi connectivity index (χ0n) is 35.4. The van der Waals surface area contributed by atoms with Crippen LogP contribution in [0.25, 0.3) is 0 Å². The fraction of sp³-hybridized carbons (Fsp3) is 0.308. The highest BCUT2D eigenvalue weighted by molar-refractivity contribution is 7.20. The maximum absolute atomic E-state index is 3.87. The van der Waals surface area contributed by atoms with Crippen molar-refractivity contribution in [2.75, 3.05) is 10.6 Å². The van der Waals surface area contributed by atoms with Gasteiger partial charge in [0.25, 0.3) is 0 Å². The fourth-order valence-corrected chi connectivity index (χ4v) is 12.4. The molecule has 0 aliphatic rings. The lowest BCUT2D eigenvalue weighted by Crippen LogP contribution is -2.75. The minimum absolute atomic E-state index is 0.0742. The summed E-state index contributed by atoms with van der Waals surface area (Å²) in [7, 11) is -2.97. The molecule has 284 valence electrons. The van der Waals surface area contributed by atoms with Gasteiger partial charge in [0.05, 0.1) is 0 Å². The summed E-state index contributed by atoms with van der Waals surface area (Å²) >= 11 is 0. The fourth-order valence-electron chi connectivity index (χ4n) is 7.52. The topological polar surface area (TPSA) is 24.1 Å². The van der Waals surface area contributed by atoms with Gasteiger partial charge < -0.3 is 10.6 Å². The largest absolute Gasteiger partial charge is 0.356 e. The molecule has 6 aromatic carbocycles. The Morgan fingerprint density at radius 1 is 0.291 bits per heavy atom. The highest BCUT2D eigenvalue weighted by atomic mass is 28.3. The van der Waals surface area contributed by atoms with Crippen molar-refractivity contribution in [3.8, 4) is 0 Å². The first-order chi connectivity index (χ1) is 25.7. The third kappa shape index (κ3) is 8.84. The normalized spacial score (nSPS) is 12.7. The molecule has 6 aromatic rings. The molecule has 2 nitrogen and oxygen atoms in total. The minimum atomic E-state index is -2.97. The molecule has 0 radical (unpaired) electrons. The number of rotatable bonds is 8. The van der Waals surface area contributed by atoms with Crippen LogP contribution in [-0.2, 0) is 21.7 Å². The molecular weight excluding hydrogens is 681 g/mol. The molecule has 6 rings (SSSR count). The van der Waals surface area contributed by atoms with Gasteiger partial charge in [-0.15, -0.1) is 0 Å². The first kappa shape index (κ1) is 39.8. The first-order valence-electron chi connectivity index (χ1n) is 19.9. The van der Waals surface area contributed by atoms with Gasteiger partial charge in [0.15, 0.2) is 8.07 Å². The molecule has 3 heteroatoms. The first-order valence-corrected chi connectivity index (χ1v) is 21.9. The average molecular weight is 743 g/mol. The van der Waals surface area contributed by atoms with Crippen LogP contribution in [0, 0.1) is 0 Å². The Bertz CT molecular complexity index is 2040. The van der Waals surface area contributed by atoms with E-state index in [1.807, 2.05) is 0 Å². The van der Waals surface area contributed by atoms with Gasteiger partial charge in [-0.3, -0.25) is 0 Å². The van der Waals surface area contributed by atoms with Gasteiger partial charge in [0.2, 0.25) is 0 Å². The second-order valence-corrected chi connectivity index (χ2v) is 23.3. The quantitative estimate of drug-likeness (QED) is 0.120. The second-order valence-electron chi connectivity index (χ2n) is 19.5. The van der Waals surface area contributed by atoms with E-state index in [0.717, 1.165) is 22.7 Å². The summed E-state index contributed by atoms with van der Waals surface area (Å²) in [5, 5.41) is 13.2. The summed E-state index contributed by atoms with van der Waals surface area (Å²) < 4.78 is 0. The van der Waals surface area contributed by atoms with Crippen molar-refractivity contribution in [2.24, 2.45) is 0 Å². The highest BCUT2D eigenvalue weighted by Gasteiger charge is 2.43. The van der Waals surface area contributed by atoms with Gasteiger partial charge in [-0.1, -0.05) is 180 Å². The molecule has 0 aliphatic heterocycles. The van der Waals surface area contributed by atoms with Crippen molar-refractivity contribution < 1.29 is 0 Å². The molecule has 2 N–H and O–H groups in total. The Labute approximate surface area is 333 Å². The highest BCUT2D eigenvalue weighted by Crippen LogP contribution is 2.32. The van der Waals surface area contributed by atoms with Crippen molar-refractivity contribution in [3.63, 3.8) is 0 Å². The van der Waals surface area contributed by atoms with Gasteiger partial charge in [-0.25, -0.2) is 0 Å². The van der Waals surface area contributed by atoms with E-state index < -0.39 is 8.07 Å². The van der Waals surface area contributed by atoms with E-state index in [0.29, 0.717) is 0 Å². The van der Waals surface area contributed by atoms with Crippen LogP contribution >= 0.6 is 0 Å². The van der Waals surface area contributed by atoms with E-state index in [2.05, 4.69) is 239 Å². The van der Waals surface area contributed by atoms with Crippen LogP contribution in [0.15, 0.2) is 146 Å². The summed E-state index contributed by atoms with van der Waals surface area (Å²) in [5.74, 6) is 0. The number of hydrogen-bond donors (Lipinski definition) is 2. The van der Waals surface area contributed by atoms with Crippen molar-refractivity contribution in [1.29, 1.82) is 0 Å². The standard InChI is InChI=1S/C52H62N2Si/c1-49(2,3)37-23-27-41(28-24-37)53-43-31-39(51(7,8)9)33-47(35-43)55(45-19-15-13-16-20-45,46-21-17-14-18-22-46)48-34-40(52(10,11)12)32-44(36-48)54-42-29-25-38(26-30-42)50(4,5)6/h13-36,53-54H,1-12H3. The van der Waals surface area contributed by atoms with Gasteiger partial charge in [0, 0.05) is 22.7 Å². The Morgan fingerprint density at radius 2 is 0.600 bits per heavy atom. The molecule has 0 bridgehead atoms. The lowest BCUT2D eigenvalue weighted by molar-refractivity contribution is 0.590. The number of anilines is 4. The molecule has 0 aliphatic carbocycles. The maximum Gasteiger partial charge on any atom is 0.179 e. The third-order valence-electron chi connectivity index (χ3n) is 11.0. The van der Waals surface area contributed by atoms with Crippen LogP contribution < -0.4 is 31.4 Å². The van der Waals surface area contributed by atoms with Crippen molar-refractivity contribution in [3.05, 3.63) is 168 Å². The van der Waals surface area contributed by atoms with Gasteiger partial charge in [-0.2, -0.15) is 0 Å². The number of benzene rings is 6. The Kier molecular flexibility index (Phi) is 10.9. The molecule has 0 heterocycles. The molecule has 0 atom stereocenters. The number of nitrogens with one attached hydrogen (secondary N) is 2. The van der Waals surface area contributed by atoms with Gasteiger partial charge >= 0.3 is 0 Å². The van der Waals surface area contributed by atoms with E-state index in [1.54, 1.807) is 0 Å². The van der Waals surface area contributed by atoms with E-state index in [1.165, 1.54) is 43.0 Å². The Morgan fingerprint density at radius 3 is 0.891 bits per heavy atom. The van der Waals surface area contributed by atoms with E-state index in [4.69, 9.17) is 0 Å². The predicted molar refractivity (Wildman–Crippen MR) is 244 cm³/mol. The van der Waals surface area contributed by atoms with Crippen LogP contribution in [0.4, 0.5) is 22.7 Å². The van der Waals surface area contributed by atoms with Crippen molar-refractivity contribution in [1.82, 2.24) is 0 Å². The van der Waals surface area contributed by atoms with E-state index >= 15 is 0 Å². The van der Waals surface area contributed by atoms with E-state index in [-0.39, 0.29) is 21.7 Å². The van der Waals surface area contributed by atoms with E-state index in [9.17, 15) is 0 Å². The molecule has 0 fully saturated rings. The van der Waals surface area contributed by atoms with Gasteiger partial charge in [-0.05, 0) is 113 Å². The molecule has 0 amide bonds. The summed E-state index contributed by atoms with van der Waals surface area (Å²) in [4.78, 5) is 0. The third-order valence-corrected chi connectivity index (χ3v) is 15.7. The van der Waals surface area contributed by atoms with Crippen LogP contribution in [-0.4, -0.2) is 8.07 Å². The van der Waals surface area contributed by atoms with Crippen molar-refractivity contribution >= 4 is 51.6 Å². The summed E-state index contributed by atoms with van der Waals surface area (Å²) in [5.41, 5.74) is 9.73. The summed E-state index contributed by atoms with van der Waals surface area (Å²) in [6.07, 6.45) is 0. The van der Waals surface area contributed by atoms with Gasteiger partial charge in [0.1, 0.15) is 0 Å². The molecule has 0 aromatic heterocycles.